The van der Waals surface area contributed by atoms with Crippen LogP contribution < -0.4 is 5.32 Å². The first kappa shape index (κ1) is 16.3. The van der Waals surface area contributed by atoms with Crippen molar-refractivity contribution >= 4 is 12.4 Å². The Morgan fingerprint density at radius 1 is 1.22 bits per heavy atom. The molecule has 0 bridgehead atoms. The minimum Gasteiger partial charge on any atom is -0.390 e. The van der Waals surface area contributed by atoms with Gasteiger partial charge in [-0.25, -0.2) is 0 Å². The van der Waals surface area contributed by atoms with Crippen LogP contribution >= 0.6 is 12.4 Å². The molecule has 0 aromatic rings. The van der Waals surface area contributed by atoms with Crippen LogP contribution in [0.15, 0.2) is 0 Å². The van der Waals surface area contributed by atoms with E-state index in [2.05, 4.69) is 19.2 Å². The van der Waals surface area contributed by atoms with Crippen molar-refractivity contribution in [2.24, 2.45) is 17.8 Å². The molecule has 1 aliphatic heterocycles. The number of hydrogen-bond acceptors (Lipinski definition) is 2. The van der Waals surface area contributed by atoms with Crippen molar-refractivity contribution in [3.63, 3.8) is 0 Å². The lowest BCUT2D eigenvalue weighted by Gasteiger charge is -2.46. The highest BCUT2D eigenvalue weighted by Crippen LogP contribution is 2.44. The van der Waals surface area contributed by atoms with Crippen molar-refractivity contribution in [3.05, 3.63) is 0 Å². The standard InChI is InChI=1S/C15H29NO.ClH/c1-4-15(3,17)10-12-6-5-7-13-11(2)16-9-8-14(12)13;/h11-14,16-17H,4-10H2,1-3H3;1H/t11-,12-,13+,14-,15?;/m0./s1. The van der Waals surface area contributed by atoms with E-state index in [1.807, 2.05) is 6.92 Å². The molecule has 1 heterocycles. The van der Waals surface area contributed by atoms with Gasteiger partial charge in [0, 0.05) is 6.04 Å². The van der Waals surface area contributed by atoms with Gasteiger partial charge in [0.15, 0.2) is 0 Å². The van der Waals surface area contributed by atoms with Gasteiger partial charge in [-0.05, 0) is 63.8 Å². The maximum absolute atomic E-state index is 10.3. The lowest BCUT2D eigenvalue weighted by Crippen LogP contribution is -2.49. The molecule has 1 saturated carbocycles. The average molecular weight is 276 g/mol. The summed E-state index contributed by atoms with van der Waals surface area (Å²) in [5.74, 6) is 2.47. The number of nitrogens with one attached hydrogen (secondary N) is 1. The zero-order valence-corrected chi connectivity index (χ0v) is 12.9. The van der Waals surface area contributed by atoms with Gasteiger partial charge in [-0.2, -0.15) is 0 Å². The second kappa shape index (κ2) is 6.58. The SMILES string of the molecule is CCC(C)(O)C[C@@H]1CCC[C@H]2[C@H]1CCN[C@H]2C.Cl. The summed E-state index contributed by atoms with van der Waals surface area (Å²) in [6.07, 6.45) is 7.30. The van der Waals surface area contributed by atoms with E-state index in [4.69, 9.17) is 0 Å². The quantitative estimate of drug-likeness (QED) is 0.828. The fraction of sp³-hybridized carbons (Fsp3) is 1.00. The van der Waals surface area contributed by atoms with E-state index >= 15 is 0 Å². The molecule has 2 nitrogen and oxygen atoms in total. The molecule has 0 aromatic heterocycles. The maximum atomic E-state index is 10.3. The number of rotatable bonds is 3. The summed E-state index contributed by atoms with van der Waals surface area (Å²) in [5, 5.41) is 13.9. The molecular formula is C15H30ClNO. The van der Waals surface area contributed by atoms with Gasteiger partial charge in [-0.15, -0.1) is 12.4 Å². The Hall–Kier alpha value is 0.210. The predicted molar refractivity (Wildman–Crippen MR) is 79.2 cm³/mol. The van der Waals surface area contributed by atoms with Gasteiger partial charge in [-0.1, -0.05) is 19.8 Å². The molecule has 0 aromatic carbocycles. The zero-order chi connectivity index (χ0) is 12.5. The van der Waals surface area contributed by atoms with Gasteiger partial charge in [0.2, 0.25) is 0 Å². The first-order chi connectivity index (χ1) is 8.03. The molecule has 2 fully saturated rings. The summed E-state index contributed by atoms with van der Waals surface area (Å²) in [7, 11) is 0. The summed E-state index contributed by atoms with van der Waals surface area (Å²) in [6, 6.07) is 0.683. The van der Waals surface area contributed by atoms with Crippen LogP contribution in [0.4, 0.5) is 0 Å². The smallest absolute Gasteiger partial charge is 0.0619 e. The van der Waals surface area contributed by atoms with Gasteiger partial charge in [0.05, 0.1) is 5.60 Å². The van der Waals surface area contributed by atoms with Crippen molar-refractivity contribution in [2.75, 3.05) is 6.54 Å². The van der Waals surface area contributed by atoms with Gasteiger partial charge in [0.25, 0.3) is 0 Å². The molecule has 2 rings (SSSR count). The van der Waals surface area contributed by atoms with E-state index in [1.165, 1.54) is 32.2 Å². The van der Waals surface area contributed by atoms with Crippen molar-refractivity contribution in [2.45, 2.75) is 70.9 Å². The van der Waals surface area contributed by atoms with Crippen LogP contribution in [0.5, 0.6) is 0 Å². The van der Waals surface area contributed by atoms with E-state index in [1.54, 1.807) is 0 Å². The molecule has 0 amide bonds. The fourth-order valence-corrected chi connectivity index (χ4v) is 4.06. The summed E-state index contributed by atoms with van der Waals surface area (Å²) in [6.45, 7) is 7.64. The van der Waals surface area contributed by atoms with Crippen molar-refractivity contribution < 1.29 is 5.11 Å². The minimum atomic E-state index is -0.444. The van der Waals surface area contributed by atoms with Crippen LogP contribution in [0.3, 0.4) is 0 Å². The van der Waals surface area contributed by atoms with Gasteiger partial charge >= 0.3 is 0 Å². The summed E-state index contributed by atoms with van der Waals surface area (Å²) < 4.78 is 0. The lowest BCUT2D eigenvalue weighted by molar-refractivity contribution is -0.0105. The van der Waals surface area contributed by atoms with Crippen molar-refractivity contribution in [1.82, 2.24) is 5.32 Å². The Labute approximate surface area is 118 Å². The van der Waals surface area contributed by atoms with E-state index < -0.39 is 5.60 Å². The molecule has 0 radical (unpaired) electrons. The lowest BCUT2D eigenvalue weighted by atomic mass is 9.64. The molecular weight excluding hydrogens is 246 g/mol. The minimum absolute atomic E-state index is 0. The first-order valence-electron chi connectivity index (χ1n) is 7.49. The highest BCUT2D eigenvalue weighted by Gasteiger charge is 2.40. The van der Waals surface area contributed by atoms with E-state index in [-0.39, 0.29) is 12.4 Å². The average Bonchev–Trinajstić information content (AvgIpc) is 2.30. The molecule has 1 unspecified atom stereocenters. The van der Waals surface area contributed by atoms with Crippen LogP contribution in [0, 0.1) is 17.8 Å². The molecule has 18 heavy (non-hydrogen) atoms. The Morgan fingerprint density at radius 3 is 2.61 bits per heavy atom. The van der Waals surface area contributed by atoms with Crippen LogP contribution in [0.25, 0.3) is 0 Å². The van der Waals surface area contributed by atoms with E-state index in [0.29, 0.717) is 6.04 Å². The number of aliphatic hydroxyl groups is 1. The molecule has 1 saturated heterocycles. The summed E-state index contributed by atoms with van der Waals surface area (Å²) >= 11 is 0. The molecule has 2 N–H and O–H groups in total. The third-order valence-corrected chi connectivity index (χ3v) is 5.32. The maximum Gasteiger partial charge on any atom is 0.0619 e. The van der Waals surface area contributed by atoms with Gasteiger partial charge in [0.1, 0.15) is 0 Å². The number of piperidine rings is 1. The second-order valence-electron chi connectivity index (χ2n) is 6.60. The third kappa shape index (κ3) is 3.61. The normalized spacial score (nSPS) is 39.3. The molecule has 5 atom stereocenters. The van der Waals surface area contributed by atoms with Crippen LogP contribution in [-0.4, -0.2) is 23.3 Å². The Morgan fingerprint density at radius 2 is 1.94 bits per heavy atom. The molecule has 1 aliphatic carbocycles. The highest BCUT2D eigenvalue weighted by molar-refractivity contribution is 5.85. The van der Waals surface area contributed by atoms with Crippen LogP contribution in [0.2, 0.25) is 0 Å². The second-order valence-corrected chi connectivity index (χ2v) is 6.60. The monoisotopic (exact) mass is 275 g/mol. The van der Waals surface area contributed by atoms with Crippen LogP contribution in [0.1, 0.15) is 59.3 Å². The van der Waals surface area contributed by atoms with E-state index in [0.717, 1.165) is 30.6 Å². The Bertz CT molecular complexity index is 257. The number of fused-ring (bicyclic) bond motifs is 1. The van der Waals surface area contributed by atoms with Gasteiger partial charge < -0.3 is 10.4 Å². The van der Waals surface area contributed by atoms with Crippen molar-refractivity contribution in [3.8, 4) is 0 Å². The highest BCUT2D eigenvalue weighted by atomic mass is 35.5. The predicted octanol–water partition coefficient (Wildman–Crippen LogP) is 3.37. The first-order valence-corrected chi connectivity index (χ1v) is 7.49. The Balaban J connectivity index is 0.00000162. The summed E-state index contributed by atoms with van der Waals surface area (Å²) in [4.78, 5) is 0. The number of hydrogen-bond donors (Lipinski definition) is 2. The molecule has 0 spiro atoms. The van der Waals surface area contributed by atoms with E-state index in [9.17, 15) is 5.11 Å². The largest absolute Gasteiger partial charge is 0.390 e. The zero-order valence-electron chi connectivity index (χ0n) is 12.1. The van der Waals surface area contributed by atoms with Crippen molar-refractivity contribution in [1.29, 1.82) is 0 Å². The fourth-order valence-electron chi connectivity index (χ4n) is 4.06. The topological polar surface area (TPSA) is 32.3 Å². The summed E-state index contributed by atoms with van der Waals surface area (Å²) in [5.41, 5.74) is -0.444. The number of halogens is 1. The van der Waals surface area contributed by atoms with Crippen LogP contribution in [-0.2, 0) is 0 Å². The molecule has 108 valence electrons. The molecule has 3 heteroatoms. The molecule has 2 aliphatic rings. The van der Waals surface area contributed by atoms with Gasteiger partial charge in [-0.3, -0.25) is 0 Å². The third-order valence-electron chi connectivity index (χ3n) is 5.32. The Kier molecular flexibility index (Phi) is 5.95.